The first-order valence-corrected chi connectivity index (χ1v) is 11.5. The number of hydrogen-bond donors (Lipinski definition) is 0. The van der Waals surface area contributed by atoms with Gasteiger partial charge in [-0.1, -0.05) is 42.5 Å². The average Bonchev–Trinajstić information content (AvgIpc) is 2.85. The maximum Gasteiger partial charge on any atom is 0.233 e. The summed E-state index contributed by atoms with van der Waals surface area (Å²) in [6, 6.07) is 21.1. The Morgan fingerprint density at radius 3 is 2.55 bits per heavy atom. The van der Waals surface area contributed by atoms with E-state index in [1.807, 2.05) is 30.5 Å². The maximum atomic E-state index is 13.8. The van der Waals surface area contributed by atoms with Crippen molar-refractivity contribution in [2.45, 2.75) is 37.5 Å². The van der Waals surface area contributed by atoms with Crippen molar-refractivity contribution >= 4 is 16.8 Å². The summed E-state index contributed by atoms with van der Waals surface area (Å²) < 4.78 is 5.62. The molecule has 0 aliphatic carbocycles. The van der Waals surface area contributed by atoms with Gasteiger partial charge in [0.2, 0.25) is 5.91 Å². The van der Waals surface area contributed by atoms with Crippen molar-refractivity contribution in [2.75, 3.05) is 26.3 Å². The highest BCUT2D eigenvalue weighted by Crippen LogP contribution is 2.38. The molecule has 0 radical (unpaired) electrons. The standard InChI is InChI=1S/C27H30N2O2/c30-26(27(12-17-31-18-13-27)24-6-2-1-3-7-24)29-15-10-21(11-16-29)19-22-8-9-25-23(20-22)5-4-14-28-25/h1-9,14,20-21H,10-13,15-19H2. The molecule has 2 aromatic carbocycles. The Morgan fingerprint density at radius 2 is 1.77 bits per heavy atom. The molecular formula is C27H30N2O2. The lowest BCUT2D eigenvalue weighted by Gasteiger charge is -2.42. The van der Waals surface area contributed by atoms with Crippen LogP contribution in [0.4, 0.5) is 0 Å². The Morgan fingerprint density at radius 1 is 1.00 bits per heavy atom. The van der Waals surface area contributed by atoms with Gasteiger partial charge in [-0.3, -0.25) is 9.78 Å². The largest absolute Gasteiger partial charge is 0.381 e. The Kier molecular flexibility index (Phi) is 5.73. The maximum absolute atomic E-state index is 13.8. The lowest BCUT2D eigenvalue weighted by molar-refractivity contribution is -0.142. The minimum Gasteiger partial charge on any atom is -0.381 e. The number of piperidine rings is 1. The second-order valence-corrected chi connectivity index (χ2v) is 9.03. The zero-order chi connectivity index (χ0) is 21.1. The molecule has 0 spiro atoms. The molecule has 3 heterocycles. The average molecular weight is 415 g/mol. The Labute approximate surface area is 184 Å². The molecule has 0 atom stereocenters. The van der Waals surface area contributed by atoms with Crippen LogP contribution >= 0.6 is 0 Å². The zero-order valence-corrected chi connectivity index (χ0v) is 18.0. The summed E-state index contributed by atoms with van der Waals surface area (Å²) in [5.74, 6) is 0.928. The molecule has 2 aliphatic heterocycles. The quantitative estimate of drug-likeness (QED) is 0.618. The molecule has 31 heavy (non-hydrogen) atoms. The van der Waals surface area contributed by atoms with E-state index in [1.54, 1.807) is 0 Å². The summed E-state index contributed by atoms with van der Waals surface area (Å²) in [5, 5.41) is 1.21. The topological polar surface area (TPSA) is 42.4 Å². The SMILES string of the molecule is O=C(N1CCC(Cc2ccc3ncccc3c2)CC1)C1(c2ccccc2)CCOCC1. The summed E-state index contributed by atoms with van der Waals surface area (Å²) in [5.41, 5.74) is 3.15. The molecule has 0 bridgehead atoms. The number of benzene rings is 2. The van der Waals surface area contributed by atoms with E-state index in [0.29, 0.717) is 25.0 Å². The van der Waals surface area contributed by atoms with E-state index in [9.17, 15) is 4.79 Å². The molecule has 160 valence electrons. The zero-order valence-electron chi connectivity index (χ0n) is 18.0. The number of pyridine rings is 1. The van der Waals surface area contributed by atoms with Crippen LogP contribution in [0.1, 0.15) is 36.8 Å². The number of rotatable bonds is 4. The van der Waals surface area contributed by atoms with Crippen molar-refractivity contribution in [3.8, 4) is 0 Å². The van der Waals surface area contributed by atoms with Gasteiger partial charge in [-0.15, -0.1) is 0 Å². The van der Waals surface area contributed by atoms with Gasteiger partial charge in [0.05, 0.1) is 10.9 Å². The molecule has 3 aromatic rings. The van der Waals surface area contributed by atoms with E-state index in [4.69, 9.17) is 4.74 Å². The van der Waals surface area contributed by atoms with E-state index in [0.717, 1.165) is 56.3 Å². The molecule has 2 fully saturated rings. The number of carbonyl (C=O) groups excluding carboxylic acids is 1. The van der Waals surface area contributed by atoms with Gasteiger partial charge in [0.25, 0.3) is 0 Å². The number of aromatic nitrogens is 1. The number of nitrogens with zero attached hydrogens (tertiary/aromatic N) is 2. The highest BCUT2D eigenvalue weighted by Gasteiger charge is 2.44. The molecule has 0 saturated carbocycles. The molecule has 1 aromatic heterocycles. The smallest absolute Gasteiger partial charge is 0.233 e. The van der Waals surface area contributed by atoms with Gasteiger partial charge in [-0.05, 0) is 67.3 Å². The summed E-state index contributed by atoms with van der Waals surface area (Å²) >= 11 is 0. The number of fused-ring (bicyclic) bond motifs is 1. The first-order valence-electron chi connectivity index (χ1n) is 11.5. The molecule has 5 rings (SSSR count). The van der Waals surface area contributed by atoms with Crippen LogP contribution in [0.3, 0.4) is 0 Å². The third kappa shape index (κ3) is 4.09. The van der Waals surface area contributed by atoms with Crippen molar-refractivity contribution in [3.63, 3.8) is 0 Å². The summed E-state index contributed by atoms with van der Waals surface area (Å²) in [7, 11) is 0. The van der Waals surface area contributed by atoms with E-state index in [-0.39, 0.29) is 0 Å². The predicted octanol–water partition coefficient (Wildman–Crippen LogP) is 4.76. The van der Waals surface area contributed by atoms with Gasteiger partial charge in [0.1, 0.15) is 0 Å². The van der Waals surface area contributed by atoms with Crippen LogP contribution < -0.4 is 0 Å². The lowest BCUT2D eigenvalue weighted by atomic mass is 9.72. The minimum atomic E-state index is -0.419. The third-order valence-electron chi connectivity index (χ3n) is 7.18. The molecule has 2 saturated heterocycles. The fourth-order valence-corrected chi connectivity index (χ4v) is 5.33. The van der Waals surface area contributed by atoms with Crippen molar-refractivity contribution in [1.29, 1.82) is 0 Å². The van der Waals surface area contributed by atoms with Crippen molar-refractivity contribution in [1.82, 2.24) is 9.88 Å². The molecule has 2 aliphatic rings. The van der Waals surface area contributed by atoms with Gasteiger partial charge in [0.15, 0.2) is 0 Å². The van der Waals surface area contributed by atoms with Crippen molar-refractivity contribution in [3.05, 3.63) is 78.0 Å². The van der Waals surface area contributed by atoms with E-state index in [2.05, 4.69) is 46.3 Å². The van der Waals surface area contributed by atoms with Gasteiger partial charge in [0, 0.05) is 37.9 Å². The first-order chi connectivity index (χ1) is 15.2. The number of hydrogen-bond acceptors (Lipinski definition) is 3. The van der Waals surface area contributed by atoms with Crippen LogP contribution in [0.15, 0.2) is 66.9 Å². The number of amides is 1. The van der Waals surface area contributed by atoms with E-state index < -0.39 is 5.41 Å². The van der Waals surface area contributed by atoms with Gasteiger partial charge in [-0.2, -0.15) is 0 Å². The van der Waals surface area contributed by atoms with Crippen LogP contribution in [0.5, 0.6) is 0 Å². The van der Waals surface area contributed by atoms with Gasteiger partial charge < -0.3 is 9.64 Å². The third-order valence-corrected chi connectivity index (χ3v) is 7.18. The van der Waals surface area contributed by atoms with Gasteiger partial charge in [-0.25, -0.2) is 0 Å². The lowest BCUT2D eigenvalue weighted by Crippen LogP contribution is -2.52. The number of likely N-dealkylation sites (tertiary alicyclic amines) is 1. The molecule has 4 nitrogen and oxygen atoms in total. The van der Waals surface area contributed by atoms with Gasteiger partial charge >= 0.3 is 0 Å². The van der Waals surface area contributed by atoms with Crippen LogP contribution in [0.2, 0.25) is 0 Å². The van der Waals surface area contributed by atoms with Crippen molar-refractivity contribution < 1.29 is 9.53 Å². The van der Waals surface area contributed by atoms with Crippen LogP contribution in [0.25, 0.3) is 10.9 Å². The second-order valence-electron chi connectivity index (χ2n) is 9.03. The summed E-state index contributed by atoms with van der Waals surface area (Å²) in [6.07, 6.45) is 6.61. The van der Waals surface area contributed by atoms with E-state index in [1.165, 1.54) is 10.9 Å². The Balaban J connectivity index is 1.26. The Bertz CT molecular complexity index is 1040. The molecule has 1 amide bonds. The number of ether oxygens (including phenoxy) is 1. The molecule has 0 N–H and O–H groups in total. The monoisotopic (exact) mass is 414 g/mol. The van der Waals surface area contributed by atoms with Crippen LogP contribution in [0, 0.1) is 5.92 Å². The molecule has 4 heteroatoms. The first kappa shape index (κ1) is 20.2. The summed E-state index contributed by atoms with van der Waals surface area (Å²) in [4.78, 5) is 20.3. The fourth-order valence-electron chi connectivity index (χ4n) is 5.33. The molecule has 0 unspecified atom stereocenters. The minimum absolute atomic E-state index is 0.303. The fraction of sp³-hybridized carbons (Fsp3) is 0.407. The predicted molar refractivity (Wildman–Crippen MR) is 123 cm³/mol. The number of carbonyl (C=O) groups is 1. The normalized spacial score (nSPS) is 19.4. The van der Waals surface area contributed by atoms with Crippen molar-refractivity contribution in [2.24, 2.45) is 5.92 Å². The molecular weight excluding hydrogens is 384 g/mol. The highest BCUT2D eigenvalue weighted by atomic mass is 16.5. The summed E-state index contributed by atoms with van der Waals surface area (Å²) in [6.45, 7) is 3.03. The second kappa shape index (κ2) is 8.80. The van der Waals surface area contributed by atoms with Crippen LogP contribution in [-0.2, 0) is 21.4 Å². The van der Waals surface area contributed by atoms with Crippen LogP contribution in [-0.4, -0.2) is 42.1 Å². The highest BCUT2D eigenvalue weighted by molar-refractivity contribution is 5.88. The van der Waals surface area contributed by atoms with E-state index >= 15 is 0 Å². The Hall–Kier alpha value is -2.72.